The van der Waals surface area contributed by atoms with Crippen molar-refractivity contribution in [3.05, 3.63) is 101 Å². The van der Waals surface area contributed by atoms with Crippen LogP contribution in [0.25, 0.3) is 5.57 Å². The van der Waals surface area contributed by atoms with Gasteiger partial charge in [0, 0.05) is 17.3 Å². The maximum Gasteiger partial charge on any atom is 0.282 e. The van der Waals surface area contributed by atoms with Crippen molar-refractivity contribution < 1.29 is 9.59 Å². The zero-order chi connectivity index (χ0) is 20.0. The van der Waals surface area contributed by atoms with Crippen molar-refractivity contribution in [2.45, 2.75) is 6.42 Å². The standard InChI is InChI=1S/C24H17ClN2O2/c25-18-10-6-11-19(15-18)27-23(28)21(17-8-2-1-3-9-17)22(24(27)29)26-14-13-16-7-4-5-12-20(16)26/h1-12,15H,13-14H2. The maximum absolute atomic E-state index is 13.6. The Morgan fingerprint density at radius 1 is 0.793 bits per heavy atom. The molecular weight excluding hydrogens is 384 g/mol. The van der Waals surface area contributed by atoms with Crippen LogP contribution in [0.5, 0.6) is 0 Å². The second kappa shape index (κ2) is 6.90. The number of carbonyl (C=O) groups excluding carboxylic acids is 2. The van der Waals surface area contributed by atoms with E-state index in [2.05, 4.69) is 6.07 Å². The van der Waals surface area contributed by atoms with E-state index in [-0.39, 0.29) is 11.8 Å². The van der Waals surface area contributed by atoms with Crippen LogP contribution < -0.4 is 9.80 Å². The lowest BCUT2D eigenvalue weighted by atomic mass is 10.0. The zero-order valence-corrected chi connectivity index (χ0v) is 16.3. The van der Waals surface area contributed by atoms with Crippen molar-refractivity contribution in [3.63, 3.8) is 0 Å². The Morgan fingerprint density at radius 2 is 1.55 bits per heavy atom. The molecule has 2 heterocycles. The Kier molecular flexibility index (Phi) is 4.22. The van der Waals surface area contributed by atoms with Crippen molar-refractivity contribution in [1.82, 2.24) is 0 Å². The molecule has 2 amide bonds. The van der Waals surface area contributed by atoms with Gasteiger partial charge in [0.25, 0.3) is 11.8 Å². The number of para-hydroxylation sites is 1. The lowest BCUT2D eigenvalue weighted by Crippen LogP contribution is -2.34. The number of hydrogen-bond acceptors (Lipinski definition) is 3. The summed E-state index contributed by atoms with van der Waals surface area (Å²) in [5.74, 6) is -0.657. The van der Waals surface area contributed by atoms with Crippen LogP contribution in [0.15, 0.2) is 84.6 Å². The molecule has 29 heavy (non-hydrogen) atoms. The van der Waals surface area contributed by atoms with Gasteiger partial charge in [-0.3, -0.25) is 9.59 Å². The molecular formula is C24H17ClN2O2. The molecule has 4 nitrogen and oxygen atoms in total. The number of fused-ring (bicyclic) bond motifs is 1. The highest BCUT2D eigenvalue weighted by Gasteiger charge is 2.44. The summed E-state index contributed by atoms with van der Waals surface area (Å²) in [5, 5.41) is 0.476. The summed E-state index contributed by atoms with van der Waals surface area (Å²) in [4.78, 5) is 30.3. The second-order valence-electron chi connectivity index (χ2n) is 7.05. The first kappa shape index (κ1) is 17.7. The second-order valence-corrected chi connectivity index (χ2v) is 7.48. The number of halogens is 1. The van der Waals surface area contributed by atoms with Crippen molar-refractivity contribution in [2.24, 2.45) is 0 Å². The first-order valence-electron chi connectivity index (χ1n) is 9.44. The lowest BCUT2D eigenvalue weighted by Gasteiger charge is -2.22. The van der Waals surface area contributed by atoms with Crippen LogP contribution in [-0.4, -0.2) is 18.4 Å². The highest BCUT2D eigenvalue weighted by molar-refractivity contribution is 6.46. The first-order chi connectivity index (χ1) is 14.1. The van der Waals surface area contributed by atoms with Crippen molar-refractivity contribution in [2.75, 3.05) is 16.3 Å². The van der Waals surface area contributed by atoms with Gasteiger partial charge in [0.15, 0.2) is 0 Å². The van der Waals surface area contributed by atoms with Crippen LogP contribution in [0.4, 0.5) is 11.4 Å². The Balaban J connectivity index is 1.69. The molecule has 3 aromatic carbocycles. The van der Waals surface area contributed by atoms with Gasteiger partial charge in [-0.25, -0.2) is 4.90 Å². The Hall–Kier alpha value is -3.37. The minimum atomic E-state index is -0.331. The van der Waals surface area contributed by atoms with Gasteiger partial charge in [-0.05, 0) is 41.8 Å². The van der Waals surface area contributed by atoms with Gasteiger partial charge in [0.2, 0.25) is 0 Å². The van der Waals surface area contributed by atoms with Gasteiger partial charge in [0.05, 0.1) is 11.3 Å². The molecule has 0 bridgehead atoms. The van der Waals surface area contributed by atoms with Crippen LogP contribution in [0.2, 0.25) is 5.02 Å². The van der Waals surface area contributed by atoms with Gasteiger partial charge in [-0.1, -0.05) is 66.2 Å². The fourth-order valence-corrected chi connectivity index (χ4v) is 4.24. The highest BCUT2D eigenvalue weighted by atomic mass is 35.5. The Bertz CT molecular complexity index is 1170. The van der Waals surface area contributed by atoms with E-state index in [1.165, 1.54) is 10.5 Å². The molecule has 0 aromatic heterocycles. The third kappa shape index (κ3) is 2.84. The van der Waals surface area contributed by atoms with E-state index in [4.69, 9.17) is 11.6 Å². The van der Waals surface area contributed by atoms with Crippen LogP contribution in [0, 0.1) is 0 Å². The van der Waals surface area contributed by atoms with Crippen LogP contribution in [-0.2, 0) is 16.0 Å². The molecule has 0 saturated carbocycles. The topological polar surface area (TPSA) is 40.6 Å². The Morgan fingerprint density at radius 3 is 2.34 bits per heavy atom. The molecule has 0 spiro atoms. The summed E-state index contributed by atoms with van der Waals surface area (Å²) in [5.41, 5.74) is 4.20. The molecule has 0 unspecified atom stereocenters. The third-order valence-electron chi connectivity index (χ3n) is 5.35. The molecule has 5 rings (SSSR count). The van der Waals surface area contributed by atoms with E-state index < -0.39 is 0 Å². The third-order valence-corrected chi connectivity index (χ3v) is 5.58. The average Bonchev–Trinajstić information content (AvgIpc) is 3.26. The zero-order valence-electron chi connectivity index (χ0n) is 15.5. The SMILES string of the molecule is O=C1C(c2ccccc2)=C(N2CCc3ccccc32)C(=O)N1c1cccc(Cl)c1. The molecule has 0 N–H and O–H groups in total. The molecule has 0 aliphatic carbocycles. The number of imide groups is 1. The summed E-state index contributed by atoms with van der Waals surface area (Å²) in [7, 11) is 0. The fraction of sp³-hybridized carbons (Fsp3) is 0.0833. The predicted molar refractivity (Wildman–Crippen MR) is 115 cm³/mol. The average molecular weight is 401 g/mol. The van der Waals surface area contributed by atoms with Gasteiger partial charge in [-0.15, -0.1) is 0 Å². The smallest absolute Gasteiger partial charge is 0.282 e. The van der Waals surface area contributed by atoms with Crippen LogP contribution in [0.3, 0.4) is 0 Å². The molecule has 0 radical (unpaired) electrons. The monoisotopic (exact) mass is 400 g/mol. The quantitative estimate of drug-likeness (QED) is 0.599. The summed E-state index contributed by atoms with van der Waals surface area (Å²) in [6.07, 6.45) is 0.834. The Labute approximate surface area is 173 Å². The number of anilines is 2. The lowest BCUT2D eigenvalue weighted by molar-refractivity contribution is -0.120. The van der Waals surface area contributed by atoms with Gasteiger partial charge < -0.3 is 4.90 Å². The molecule has 0 saturated heterocycles. The number of nitrogens with zero attached hydrogens (tertiary/aromatic N) is 2. The van der Waals surface area contributed by atoms with E-state index in [0.29, 0.717) is 28.5 Å². The van der Waals surface area contributed by atoms with Crippen molar-refractivity contribution >= 4 is 40.4 Å². The minimum Gasteiger partial charge on any atom is -0.336 e. The number of benzene rings is 3. The molecule has 5 heteroatoms. The van der Waals surface area contributed by atoms with Gasteiger partial charge in [-0.2, -0.15) is 0 Å². The largest absolute Gasteiger partial charge is 0.336 e. The van der Waals surface area contributed by atoms with E-state index >= 15 is 0 Å². The van der Waals surface area contributed by atoms with Gasteiger partial charge >= 0.3 is 0 Å². The summed E-state index contributed by atoms with van der Waals surface area (Å²) in [6, 6.07) is 24.2. The van der Waals surface area contributed by atoms with Crippen molar-refractivity contribution in [3.8, 4) is 0 Å². The minimum absolute atomic E-state index is 0.326. The molecule has 2 aliphatic rings. The van der Waals surface area contributed by atoms with Gasteiger partial charge in [0.1, 0.15) is 5.70 Å². The molecule has 142 valence electrons. The molecule has 2 aliphatic heterocycles. The molecule has 0 fully saturated rings. The normalized spacial score (nSPS) is 16.0. The van der Waals surface area contributed by atoms with E-state index in [1.807, 2.05) is 53.4 Å². The number of hydrogen-bond donors (Lipinski definition) is 0. The van der Waals surface area contributed by atoms with Crippen LogP contribution in [0.1, 0.15) is 11.1 Å². The molecule has 3 aromatic rings. The van der Waals surface area contributed by atoms with E-state index in [9.17, 15) is 9.59 Å². The molecule has 0 atom stereocenters. The van der Waals surface area contributed by atoms with Crippen molar-refractivity contribution in [1.29, 1.82) is 0 Å². The van der Waals surface area contributed by atoms with Crippen LogP contribution >= 0.6 is 11.6 Å². The van der Waals surface area contributed by atoms with E-state index in [1.54, 1.807) is 24.3 Å². The number of carbonyl (C=O) groups is 2. The maximum atomic E-state index is 13.6. The summed E-state index contributed by atoms with van der Waals surface area (Å²) < 4.78 is 0. The summed E-state index contributed by atoms with van der Waals surface area (Å²) >= 11 is 6.13. The first-order valence-corrected chi connectivity index (χ1v) is 9.82. The van der Waals surface area contributed by atoms with E-state index in [0.717, 1.165) is 17.7 Å². The number of rotatable bonds is 3. The highest BCUT2D eigenvalue weighted by Crippen LogP contribution is 2.40. The number of amides is 2. The summed E-state index contributed by atoms with van der Waals surface area (Å²) in [6.45, 7) is 0.660. The fourth-order valence-electron chi connectivity index (χ4n) is 4.05. The predicted octanol–water partition coefficient (Wildman–Crippen LogP) is 4.69.